The van der Waals surface area contributed by atoms with E-state index in [4.69, 9.17) is 4.74 Å². The minimum absolute atomic E-state index is 0.597. The van der Waals surface area contributed by atoms with Gasteiger partial charge in [-0.15, -0.1) is 0 Å². The molecule has 0 heterocycles. The molecule has 0 bridgehead atoms. The molecular formula is C16H26BrNO. The molecule has 0 aliphatic carbocycles. The largest absolute Gasteiger partial charge is 0.492 e. The van der Waals surface area contributed by atoms with E-state index in [0.29, 0.717) is 11.8 Å². The molecule has 0 aliphatic rings. The van der Waals surface area contributed by atoms with Gasteiger partial charge in [0.2, 0.25) is 0 Å². The number of nitrogens with one attached hydrogen (secondary N) is 1. The van der Waals surface area contributed by atoms with Crippen molar-refractivity contribution in [2.75, 3.05) is 13.2 Å². The van der Waals surface area contributed by atoms with Crippen molar-refractivity contribution in [3.8, 4) is 5.75 Å². The number of hydrogen-bond acceptors (Lipinski definition) is 2. The van der Waals surface area contributed by atoms with Gasteiger partial charge < -0.3 is 10.1 Å². The maximum atomic E-state index is 5.82. The van der Waals surface area contributed by atoms with Gasteiger partial charge in [0, 0.05) is 6.54 Å². The lowest BCUT2D eigenvalue weighted by Crippen LogP contribution is -2.18. The molecule has 1 aromatic rings. The van der Waals surface area contributed by atoms with Gasteiger partial charge in [-0.25, -0.2) is 0 Å². The van der Waals surface area contributed by atoms with E-state index in [0.717, 1.165) is 36.3 Å². The molecule has 0 aromatic heterocycles. The summed E-state index contributed by atoms with van der Waals surface area (Å²) in [5, 5.41) is 3.45. The fourth-order valence-corrected chi connectivity index (χ4v) is 2.17. The molecular weight excluding hydrogens is 302 g/mol. The molecule has 1 N–H and O–H groups in total. The van der Waals surface area contributed by atoms with Crippen molar-refractivity contribution in [3.63, 3.8) is 0 Å². The first-order valence-corrected chi connectivity index (χ1v) is 7.94. The topological polar surface area (TPSA) is 21.3 Å². The maximum Gasteiger partial charge on any atom is 0.133 e. The van der Waals surface area contributed by atoms with Gasteiger partial charge in [-0.3, -0.25) is 0 Å². The van der Waals surface area contributed by atoms with E-state index in [1.807, 2.05) is 0 Å². The van der Waals surface area contributed by atoms with E-state index in [1.165, 1.54) is 5.56 Å². The summed E-state index contributed by atoms with van der Waals surface area (Å²) >= 11 is 3.59. The van der Waals surface area contributed by atoms with Crippen molar-refractivity contribution in [1.29, 1.82) is 0 Å². The Balaban J connectivity index is 2.49. The SMILES string of the molecule is CCC(C)COc1ccc(CNCC(C)C)cc1Br. The summed E-state index contributed by atoms with van der Waals surface area (Å²) in [6.07, 6.45) is 1.15. The Morgan fingerprint density at radius 3 is 2.58 bits per heavy atom. The molecule has 0 saturated carbocycles. The van der Waals surface area contributed by atoms with Crippen LogP contribution < -0.4 is 10.1 Å². The van der Waals surface area contributed by atoms with Crippen LogP contribution in [0.2, 0.25) is 0 Å². The zero-order chi connectivity index (χ0) is 14.3. The third-order valence-corrected chi connectivity index (χ3v) is 3.72. The van der Waals surface area contributed by atoms with Gasteiger partial charge in [-0.1, -0.05) is 40.2 Å². The van der Waals surface area contributed by atoms with Crippen LogP contribution in [0.25, 0.3) is 0 Å². The normalized spacial score (nSPS) is 12.7. The Hall–Kier alpha value is -0.540. The summed E-state index contributed by atoms with van der Waals surface area (Å²) in [6.45, 7) is 11.6. The lowest BCUT2D eigenvalue weighted by Gasteiger charge is -2.13. The Labute approximate surface area is 126 Å². The summed E-state index contributed by atoms with van der Waals surface area (Å²) in [4.78, 5) is 0. The summed E-state index contributed by atoms with van der Waals surface area (Å²) < 4.78 is 6.86. The molecule has 0 saturated heterocycles. The molecule has 0 radical (unpaired) electrons. The van der Waals surface area contributed by atoms with E-state index in [2.05, 4.69) is 67.1 Å². The number of hydrogen-bond donors (Lipinski definition) is 1. The lowest BCUT2D eigenvalue weighted by atomic mass is 10.1. The highest BCUT2D eigenvalue weighted by Crippen LogP contribution is 2.26. The molecule has 1 unspecified atom stereocenters. The Kier molecular flexibility index (Phi) is 7.47. The molecule has 0 spiro atoms. The van der Waals surface area contributed by atoms with Gasteiger partial charge in [0.25, 0.3) is 0 Å². The van der Waals surface area contributed by atoms with Crippen LogP contribution >= 0.6 is 15.9 Å². The van der Waals surface area contributed by atoms with Crippen LogP contribution in [0.4, 0.5) is 0 Å². The summed E-state index contributed by atoms with van der Waals surface area (Å²) in [5.74, 6) is 2.22. The quantitative estimate of drug-likeness (QED) is 0.752. The van der Waals surface area contributed by atoms with Crippen LogP contribution in [0.15, 0.2) is 22.7 Å². The van der Waals surface area contributed by atoms with Crippen LogP contribution in [0.1, 0.15) is 39.7 Å². The van der Waals surface area contributed by atoms with Crippen LogP contribution in [0, 0.1) is 11.8 Å². The fraction of sp³-hybridized carbons (Fsp3) is 0.625. The molecule has 3 heteroatoms. The molecule has 108 valence electrons. The molecule has 1 rings (SSSR count). The highest BCUT2D eigenvalue weighted by atomic mass is 79.9. The summed E-state index contributed by atoms with van der Waals surface area (Å²) in [6, 6.07) is 6.32. The highest BCUT2D eigenvalue weighted by Gasteiger charge is 2.05. The first kappa shape index (κ1) is 16.5. The first-order valence-electron chi connectivity index (χ1n) is 7.14. The van der Waals surface area contributed by atoms with Gasteiger partial charge in [-0.05, 0) is 52.0 Å². The number of benzene rings is 1. The van der Waals surface area contributed by atoms with E-state index in [1.54, 1.807) is 0 Å². The molecule has 1 aromatic carbocycles. The summed E-state index contributed by atoms with van der Waals surface area (Å²) in [5.41, 5.74) is 1.28. The smallest absolute Gasteiger partial charge is 0.133 e. The van der Waals surface area contributed by atoms with Crippen molar-refractivity contribution in [2.24, 2.45) is 11.8 Å². The van der Waals surface area contributed by atoms with Gasteiger partial charge in [0.1, 0.15) is 5.75 Å². The molecule has 2 nitrogen and oxygen atoms in total. The third-order valence-electron chi connectivity index (χ3n) is 3.10. The monoisotopic (exact) mass is 327 g/mol. The van der Waals surface area contributed by atoms with Gasteiger partial charge in [0.05, 0.1) is 11.1 Å². The number of halogens is 1. The van der Waals surface area contributed by atoms with Crippen molar-refractivity contribution >= 4 is 15.9 Å². The van der Waals surface area contributed by atoms with Gasteiger partial charge in [-0.2, -0.15) is 0 Å². The van der Waals surface area contributed by atoms with Crippen molar-refractivity contribution < 1.29 is 4.74 Å². The lowest BCUT2D eigenvalue weighted by molar-refractivity contribution is 0.255. The number of ether oxygens (including phenoxy) is 1. The van der Waals surface area contributed by atoms with E-state index >= 15 is 0 Å². The predicted octanol–water partition coefficient (Wildman–Crippen LogP) is 4.62. The van der Waals surface area contributed by atoms with Crippen LogP contribution in [0.3, 0.4) is 0 Å². The molecule has 0 fully saturated rings. The van der Waals surface area contributed by atoms with E-state index in [-0.39, 0.29) is 0 Å². The summed E-state index contributed by atoms with van der Waals surface area (Å²) in [7, 11) is 0. The van der Waals surface area contributed by atoms with Crippen molar-refractivity contribution in [2.45, 2.75) is 40.7 Å². The average Bonchev–Trinajstić information content (AvgIpc) is 2.37. The maximum absolute atomic E-state index is 5.82. The Bertz CT molecular complexity index is 379. The number of rotatable bonds is 8. The molecule has 19 heavy (non-hydrogen) atoms. The second-order valence-corrected chi connectivity index (χ2v) is 6.47. The first-order chi connectivity index (χ1) is 9.02. The van der Waals surface area contributed by atoms with E-state index < -0.39 is 0 Å². The van der Waals surface area contributed by atoms with Crippen molar-refractivity contribution in [3.05, 3.63) is 28.2 Å². The average molecular weight is 328 g/mol. The second-order valence-electron chi connectivity index (χ2n) is 5.61. The van der Waals surface area contributed by atoms with Crippen LogP contribution in [-0.2, 0) is 6.54 Å². The van der Waals surface area contributed by atoms with Crippen LogP contribution in [-0.4, -0.2) is 13.2 Å². The van der Waals surface area contributed by atoms with E-state index in [9.17, 15) is 0 Å². The third kappa shape index (κ3) is 6.44. The minimum Gasteiger partial charge on any atom is -0.492 e. The molecule has 0 amide bonds. The van der Waals surface area contributed by atoms with Crippen molar-refractivity contribution in [1.82, 2.24) is 5.32 Å². The zero-order valence-corrected chi connectivity index (χ0v) is 14.1. The van der Waals surface area contributed by atoms with Gasteiger partial charge >= 0.3 is 0 Å². The fourth-order valence-electron chi connectivity index (χ4n) is 1.63. The molecule has 1 atom stereocenters. The Morgan fingerprint density at radius 1 is 1.26 bits per heavy atom. The molecule has 0 aliphatic heterocycles. The van der Waals surface area contributed by atoms with Gasteiger partial charge in [0.15, 0.2) is 0 Å². The zero-order valence-electron chi connectivity index (χ0n) is 12.5. The predicted molar refractivity (Wildman–Crippen MR) is 85.6 cm³/mol. The second kappa shape index (κ2) is 8.60. The Morgan fingerprint density at radius 2 is 2.00 bits per heavy atom. The highest BCUT2D eigenvalue weighted by molar-refractivity contribution is 9.10. The minimum atomic E-state index is 0.597. The van der Waals surface area contributed by atoms with Crippen LogP contribution in [0.5, 0.6) is 5.75 Å². The standard InChI is InChI=1S/C16H26BrNO/c1-5-13(4)11-19-16-7-6-14(8-15(16)17)10-18-9-12(2)3/h6-8,12-13,18H,5,9-11H2,1-4H3.